The lowest BCUT2D eigenvalue weighted by Gasteiger charge is -2.25. The van der Waals surface area contributed by atoms with Gasteiger partial charge in [-0.25, -0.2) is 4.98 Å². The SMILES string of the molecule is CSCCCCCNC(=O)c1sc(NC2CCC2)nc1N. The van der Waals surface area contributed by atoms with Crippen LogP contribution >= 0.6 is 23.1 Å². The van der Waals surface area contributed by atoms with Gasteiger partial charge in [0.15, 0.2) is 5.13 Å². The fourth-order valence-corrected chi connectivity index (χ4v) is 3.48. The monoisotopic (exact) mass is 328 g/mol. The highest BCUT2D eigenvalue weighted by Crippen LogP contribution is 2.29. The number of thiazole rings is 1. The average Bonchev–Trinajstić information content (AvgIpc) is 2.79. The number of unbranched alkanes of at least 4 members (excludes halogenated alkanes) is 2. The molecular formula is C14H24N4OS2. The zero-order chi connectivity index (χ0) is 15.1. The van der Waals surface area contributed by atoms with Crippen molar-refractivity contribution in [2.75, 3.05) is 29.6 Å². The lowest BCUT2D eigenvalue weighted by molar-refractivity contribution is 0.0957. The van der Waals surface area contributed by atoms with E-state index in [4.69, 9.17) is 5.73 Å². The summed E-state index contributed by atoms with van der Waals surface area (Å²) in [7, 11) is 0. The molecule has 0 bridgehead atoms. The molecule has 1 amide bonds. The number of carbonyl (C=O) groups is 1. The summed E-state index contributed by atoms with van der Waals surface area (Å²) in [4.78, 5) is 16.9. The summed E-state index contributed by atoms with van der Waals surface area (Å²) in [6.07, 6.45) is 9.10. The smallest absolute Gasteiger partial charge is 0.265 e. The normalized spacial score (nSPS) is 14.7. The Morgan fingerprint density at radius 3 is 2.90 bits per heavy atom. The van der Waals surface area contributed by atoms with E-state index in [9.17, 15) is 4.79 Å². The van der Waals surface area contributed by atoms with Crippen molar-refractivity contribution in [3.05, 3.63) is 4.88 Å². The number of rotatable bonds is 9. The highest BCUT2D eigenvalue weighted by Gasteiger charge is 2.21. The third kappa shape index (κ3) is 5.07. The van der Waals surface area contributed by atoms with Crippen LogP contribution < -0.4 is 16.4 Å². The van der Waals surface area contributed by atoms with Gasteiger partial charge in [0.2, 0.25) is 0 Å². The van der Waals surface area contributed by atoms with E-state index >= 15 is 0 Å². The predicted molar refractivity (Wildman–Crippen MR) is 92.4 cm³/mol. The summed E-state index contributed by atoms with van der Waals surface area (Å²) >= 11 is 3.22. The molecular weight excluding hydrogens is 304 g/mol. The summed E-state index contributed by atoms with van der Waals surface area (Å²) in [5.74, 6) is 1.42. The standard InChI is InChI=1S/C14H24N4OS2/c1-20-9-4-2-3-8-16-13(19)11-12(15)18-14(21-11)17-10-6-5-7-10/h10H,2-9,15H2,1H3,(H,16,19)(H,17,18). The molecule has 1 fully saturated rings. The zero-order valence-corrected chi connectivity index (χ0v) is 14.1. The maximum Gasteiger partial charge on any atom is 0.265 e. The maximum atomic E-state index is 12.1. The van der Waals surface area contributed by atoms with E-state index in [2.05, 4.69) is 21.9 Å². The van der Waals surface area contributed by atoms with Crippen LogP contribution in [0.15, 0.2) is 0 Å². The number of amides is 1. The number of hydrogen-bond donors (Lipinski definition) is 3. The molecule has 5 nitrogen and oxygen atoms in total. The molecule has 1 aromatic heterocycles. The van der Waals surface area contributed by atoms with E-state index in [-0.39, 0.29) is 5.91 Å². The van der Waals surface area contributed by atoms with Crippen molar-refractivity contribution in [1.29, 1.82) is 0 Å². The minimum absolute atomic E-state index is 0.100. The van der Waals surface area contributed by atoms with Crippen LogP contribution in [0.2, 0.25) is 0 Å². The van der Waals surface area contributed by atoms with Crippen LogP contribution in [0, 0.1) is 0 Å². The van der Waals surface area contributed by atoms with E-state index in [0.717, 1.165) is 18.0 Å². The molecule has 4 N–H and O–H groups in total. The van der Waals surface area contributed by atoms with E-state index in [1.807, 2.05) is 11.8 Å². The number of nitrogen functional groups attached to an aromatic ring is 1. The van der Waals surface area contributed by atoms with Crippen LogP contribution in [0.25, 0.3) is 0 Å². The summed E-state index contributed by atoms with van der Waals surface area (Å²) in [5, 5.41) is 7.02. The lowest BCUT2D eigenvalue weighted by atomic mass is 9.93. The second kappa shape index (κ2) is 8.48. The van der Waals surface area contributed by atoms with Gasteiger partial charge in [-0.3, -0.25) is 4.79 Å². The summed E-state index contributed by atoms with van der Waals surface area (Å²) in [5.41, 5.74) is 5.84. The van der Waals surface area contributed by atoms with Crippen molar-refractivity contribution < 1.29 is 4.79 Å². The van der Waals surface area contributed by atoms with Crippen LogP contribution in [0.1, 0.15) is 48.2 Å². The molecule has 1 aliphatic carbocycles. The fourth-order valence-electron chi connectivity index (χ4n) is 2.11. The van der Waals surface area contributed by atoms with Gasteiger partial charge in [-0.1, -0.05) is 17.8 Å². The largest absolute Gasteiger partial charge is 0.382 e. The minimum atomic E-state index is -0.100. The highest BCUT2D eigenvalue weighted by atomic mass is 32.2. The van der Waals surface area contributed by atoms with Gasteiger partial charge in [-0.05, 0) is 44.1 Å². The molecule has 1 aromatic rings. The molecule has 1 heterocycles. The number of carbonyl (C=O) groups excluding carboxylic acids is 1. The van der Waals surface area contributed by atoms with E-state index in [1.54, 1.807) is 0 Å². The molecule has 21 heavy (non-hydrogen) atoms. The number of nitrogens with zero attached hydrogens (tertiary/aromatic N) is 1. The molecule has 0 aromatic carbocycles. The second-order valence-electron chi connectivity index (χ2n) is 5.31. The number of nitrogens with one attached hydrogen (secondary N) is 2. The summed E-state index contributed by atoms with van der Waals surface area (Å²) < 4.78 is 0. The van der Waals surface area contributed by atoms with Gasteiger partial charge in [-0.2, -0.15) is 11.8 Å². The van der Waals surface area contributed by atoms with Gasteiger partial charge >= 0.3 is 0 Å². The van der Waals surface area contributed by atoms with Gasteiger partial charge < -0.3 is 16.4 Å². The Balaban J connectivity index is 1.73. The second-order valence-corrected chi connectivity index (χ2v) is 7.30. The van der Waals surface area contributed by atoms with E-state index in [0.29, 0.717) is 23.3 Å². The highest BCUT2D eigenvalue weighted by molar-refractivity contribution is 7.98. The first kappa shape index (κ1) is 16.4. The Morgan fingerprint density at radius 1 is 1.43 bits per heavy atom. The Kier molecular flexibility index (Phi) is 6.63. The molecule has 0 unspecified atom stereocenters. The maximum absolute atomic E-state index is 12.1. The van der Waals surface area contributed by atoms with Crippen LogP contribution in [0.5, 0.6) is 0 Å². The molecule has 0 atom stereocenters. The number of nitrogens with two attached hydrogens (primary N) is 1. The first-order valence-electron chi connectivity index (χ1n) is 7.50. The average molecular weight is 329 g/mol. The van der Waals surface area contributed by atoms with E-state index < -0.39 is 0 Å². The zero-order valence-electron chi connectivity index (χ0n) is 12.5. The predicted octanol–water partition coefficient (Wildman–Crippen LogP) is 2.95. The van der Waals surface area contributed by atoms with Gasteiger partial charge in [0.1, 0.15) is 10.7 Å². The molecule has 0 saturated heterocycles. The van der Waals surface area contributed by atoms with Crippen molar-refractivity contribution in [1.82, 2.24) is 10.3 Å². The summed E-state index contributed by atoms with van der Waals surface area (Å²) in [6.45, 7) is 0.704. The Morgan fingerprint density at radius 2 is 2.24 bits per heavy atom. The molecule has 7 heteroatoms. The molecule has 118 valence electrons. The quantitative estimate of drug-likeness (QED) is 0.607. The van der Waals surface area contributed by atoms with Crippen molar-refractivity contribution in [3.63, 3.8) is 0 Å². The summed E-state index contributed by atoms with van der Waals surface area (Å²) in [6, 6.07) is 0.503. The minimum Gasteiger partial charge on any atom is -0.382 e. The third-order valence-corrected chi connectivity index (χ3v) is 5.30. The molecule has 0 aliphatic heterocycles. The van der Waals surface area contributed by atoms with Crippen LogP contribution in [0.3, 0.4) is 0 Å². The van der Waals surface area contributed by atoms with Crippen molar-refractivity contribution in [2.45, 2.75) is 44.6 Å². The van der Waals surface area contributed by atoms with Gasteiger partial charge in [-0.15, -0.1) is 0 Å². The van der Waals surface area contributed by atoms with Crippen LogP contribution in [-0.2, 0) is 0 Å². The van der Waals surface area contributed by atoms with Gasteiger partial charge in [0.25, 0.3) is 5.91 Å². The first-order chi connectivity index (χ1) is 10.2. The van der Waals surface area contributed by atoms with Crippen LogP contribution in [-0.4, -0.2) is 35.5 Å². The molecule has 0 radical (unpaired) electrons. The number of anilines is 2. The first-order valence-corrected chi connectivity index (χ1v) is 9.71. The van der Waals surface area contributed by atoms with Gasteiger partial charge in [0.05, 0.1) is 0 Å². The van der Waals surface area contributed by atoms with Gasteiger partial charge in [0, 0.05) is 12.6 Å². The Hall–Kier alpha value is -0.950. The molecule has 1 aliphatic rings. The number of hydrogen-bond acceptors (Lipinski definition) is 6. The molecule has 0 spiro atoms. The third-order valence-electron chi connectivity index (χ3n) is 3.60. The van der Waals surface area contributed by atoms with Crippen molar-refractivity contribution >= 4 is 40.0 Å². The lowest BCUT2D eigenvalue weighted by Crippen LogP contribution is -2.26. The van der Waals surface area contributed by atoms with E-state index in [1.165, 1.54) is 42.8 Å². The molecule has 1 saturated carbocycles. The van der Waals surface area contributed by atoms with Crippen LogP contribution in [0.4, 0.5) is 10.9 Å². The Bertz CT molecular complexity index is 460. The Labute approximate surface area is 134 Å². The van der Waals surface area contributed by atoms with Crippen molar-refractivity contribution in [3.8, 4) is 0 Å². The fraction of sp³-hybridized carbons (Fsp3) is 0.714. The topological polar surface area (TPSA) is 80.0 Å². The molecule has 2 rings (SSSR count). The van der Waals surface area contributed by atoms with Crippen molar-refractivity contribution in [2.24, 2.45) is 0 Å². The number of thioether (sulfide) groups is 1. The number of aromatic nitrogens is 1.